The van der Waals surface area contributed by atoms with Crippen molar-refractivity contribution in [3.05, 3.63) is 165 Å². The number of rotatable bonds is 16. The summed E-state index contributed by atoms with van der Waals surface area (Å²) in [5.41, 5.74) is 0.798. The van der Waals surface area contributed by atoms with Gasteiger partial charge in [-0.2, -0.15) is 8.61 Å². The fraction of sp³-hybridized carbons (Fsp3) is 0.327. The Hall–Kier alpha value is -7.17. The van der Waals surface area contributed by atoms with Crippen molar-refractivity contribution in [2.24, 2.45) is 0 Å². The van der Waals surface area contributed by atoms with Gasteiger partial charge in [-0.1, -0.05) is 123 Å². The third kappa shape index (κ3) is 11.6. The molecule has 2 aliphatic rings. The second kappa shape index (κ2) is 23.1. The number of benzene rings is 6. The molecule has 8 rings (SSSR count). The Balaban J connectivity index is 0.000000214. The van der Waals surface area contributed by atoms with Crippen LogP contribution in [0, 0.1) is 20.2 Å². The number of piperazine rings is 2. The molecule has 2 aliphatic heterocycles. The van der Waals surface area contributed by atoms with Gasteiger partial charge in [0.2, 0.25) is 15.9 Å². The molecule has 1 amide bonds. The standard InChI is InChI=1S/C26H27N3O7S.C26H29N3O6S/c1-3-21-25(30)27(14-15-28(21)37(34,35)24-11-7-6-10-22(24)29(32)33)23(26(31)36-2)17-18-12-13-19-8-4-5-9-20(19)16-18;1-3-22-18-27(14-15-28(22)36(33,34)25-11-7-6-10-23(25)29(31)32)24(26(30)35-2)17-19-12-13-20-8-4-5-9-21(20)16-19/h4-13,16,21,23H,3,14-15,17H2,1-2H3;4-13,16,22,24H,3,14-15,17-18H2,1-2H3/t21-,23-;22-,24-/m00/s1. The lowest BCUT2D eigenvalue weighted by molar-refractivity contribution is -0.388. The molecule has 2 saturated heterocycles. The number of sulfonamides is 2. The van der Waals surface area contributed by atoms with Crippen LogP contribution >= 0.6 is 0 Å². The predicted octanol–water partition coefficient (Wildman–Crippen LogP) is 6.76. The summed E-state index contributed by atoms with van der Waals surface area (Å²) >= 11 is 0. The Bertz CT molecular complexity index is 3270. The van der Waals surface area contributed by atoms with E-state index in [9.17, 15) is 51.4 Å². The average Bonchev–Trinajstić information content (AvgIpc) is 3.41. The number of fused-ring (bicyclic) bond motifs is 2. The normalized spacial score (nSPS) is 17.8. The Labute approximate surface area is 423 Å². The summed E-state index contributed by atoms with van der Waals surface area (Å²) in [5.74, 6) is -1.54. The molecule has 0 N–H and O–H groups in total. The van der Waals surface area contributed by atoms with Gasteiger partial charge in [0.15, 0.2) is 9.79 Å². The van der Waals surface area contributed by atoms with Gasteiger partial charge in [-0.05, 0) is 64.1 Å². The van der Waals surface area contributed by atoms with Crippen LogP contribution in [0.1, 0.15) is 37.8 Å². The first-order chi connectivity index (χ1) is 34.9. The van der Waals surface area contributed by atoms with E-state index in [1.165, 1.54) is 59.8 Å². The maximum absolute atomic E-state index is 13.6. The molecular weight excluding hydrogens is 981 g/mol. The van der Waals surface area contributed by atoms with Gasteiger partial charge in [-0.3, -0.25) is 34.7 Å². The van der Waals surface area contributed by atoms with Crippen molar-refractivity contribution < 1.29 is 50.5 Å². The van der Waals surface area contributed by atoms with Crippen LogP contribution in [-0.2, 0) is 56.7 Å². The number of nitrogens with zero attached hydrogens (tertiary/aromatic N) is 6. The lowest BCUT2D eigenvalue weighted by Gasteiger charge is -2.42. The monoisotopic (exact) mass is 1040 g/mol. The van der Waals surface area contributed by atoms with Crippen LogP contribution in [0.3, 0.4) is 0 Å². The van der Waals surface area contributed by atoms with E-state index in [2.05, 4.69) is 6.07 Å². The Morgan fingerprint density at radius 2 is 1.03 bits per heavy atom. The maximum atomic E-state index is 13.6. The molecule has 0 spiro atoms. The Morgan fingerprint density at radius 1 is 0.589 bits per heavy atom. The van der Waals surface area contributed by atoms with Crippen molar-refractivity contribution >= 4 is 70.8 Å². The average molecular weight is 1040 g/mol. The van der Waals surface area contributed by atoms with E-state index in [-0.39, 0.29) is 43.3 Å². The fourth-order valence-corrected chi connectivity index (χ4v) is 13.2. The van der Waals surface area contributed by atoms with Crippen molar-refractivity contribution in [1.82, 2.24) is 18.4 Å². The number of ether oxygens (including phenoxy) is 2. The van der Waals surface area contributed by atoms with Crippen LogP contribution in [0.5, 0.6) is 0 Å². The summed E-state index contributed by atoms with van der Waals surface area (Å²) in [6.07, 6.45) is 1.22. The SMILES string of the molecule is CC[C@H]1C(=O)N([C@@H](Cc2ccc3ccccc3c2)C(=O)OC)CCN1S(=O)(=O)c1ccccc1[N+](=O)[O-].CC[C@H]1CN([C@@H](Cc2ccc3ccccc3c2)C(=O)OC)CCN1S(=O)(=O)c1ccccc1[N+](=O)[O-]. The molecule has 0 saturated carbocycles. The summed E-state index contributed by atoms with van der Waals surface area (Å²) in [6, 6.07) is 34.9. The molecule has 2 heterocycles. The molecule has 0 unspecified atom stereocenters. The predicted molar refractivity (Wildman–Crippen MR) is 272 cm³/mol. The van der Waals surface area contributed by atoms with Gasteiger partial charge in [0.05, 0.1) is 24.1 Å². The van der Waals surface area contributed by atoms with E-state index in [4.69, 9.17) is 9.47 Å². The molecule has 2 fully saturated rings. The fourth-order valence-electron chi connectivity index (χ4n) is 9.59. The molecule has 0 aromatic heterocycles. The molecule has 4 atom stereocenters. The third-order valence-corrected chi connectivity index (χ3v) is 17.3. The van der Waals surface area contributed by atoms with Gasteiger partial charge in [-0.15, -0.1) is 0 Å². The van der Waals surface area contributed by atoms with E-state index >= 15 is 0 Å². The Kier molecular flexibility index (Phi) is 17.0. The molecule has 6 aromatic rings. The lowest BCUT2D eigenvalue weighted by Crippen LogP contribution is -2.62. The second-order valence-corrected chi connectivity index (χ2v) is 21.3. The van der Waals surface area contributed by atoms with Gasteiger partial charge >= 0.3 is 11.9 Å². The van der Waals surface area contributed by atoms with E-state index < -0.39 is 82.2 Å². The van der Waals surface area contributed by atoms with E-state index in [1.54, 1.807) is 6.92 Å². The number of carbonyl (C=O) groups is 3. The molecular formula is C52H56N6O13S2. The number of nitro benzene ring substituents is 2. The first-order valence-corrected chi connectivity index (χ1v) is 26.5. The molecule has 21 heteroatoms. The molecule has 0 bridgehead atoms. The van der Waals surface area contributed by atoms with Crippen molar-refractivity contribution in [3.8, 4) is 0 Å². The third-order valence-electron chi connectivity index (χ3n) is 13.3. The zero-order valence-electron chi connectivity index (χ0n) is 40.7. The highest BCUT2D eigenvalue weighted by atomic mass is 32.2. The van der Waals surface area contributed by atoms with E-state index in [0.717, 1.165) is 49.1 Å². The van der Waals surface area contributed by atoms with Crippen LogP contribution in [0.15, 0.2) is 143 Å². The minimum absolute atomic E-state index is 0.0669. The summed E-state index contributed by atoms with van der Waals surface area (Å²) in [5, 5.41) is 27.1. The zero-order valence-corrected chi connectivity index (χ0v) is 42.3. The summed E-state index contributed by atoms with van der Waals surface area (Å²) < 4.78 is 66.3. The topological polar surface area (TPSA) is 237 Å². The first kappa shape index (κ1) is 53.6. The molecule has 0 radical (unpaired) electrons. The second-order valence-electron chi connectivity index (χ2n) is 17.5. The van der Waals surface area contributed by atoms with Gasteiger partial charge < -0.3 is 14.4 Å². The minimum atomic E-state index is -4.36. The molecule has 73 heavy (non-hydrogen) atoms. The number of nitro groups is 2. The number of esters is 2. The van der Waals surface area contributed by atoms with Crippen LogP contribution < -0.4 is 0 Å². The van der Waals surface area contributed by atoms with Gasteiger partial charge in [0.25, 0.3) is 21.4 Å². The van der Waals surface area contributed by atoms with E-state index in [1.807, 2.05) is 90.7 Å². The van der Waals surface area contributed by atoms with Crippen molar-refractivity contribution in [2.75, 3.05) is 46.9 Å². The van der Waals surface area contributed by atoms with Crippen molar-refractivity contribution in [2.45, 2.75) is 73.5 Å². The molecule has 19 nitrogen and oxygen atoms in total. The number of carbonyl (C=O) groups excluding carboxylic acids is 3. The summed E-state index contributed by atoms with van der Waals surface area (Å²) in [4.78, 5) is 63.3. The molecule has 384 valence electrons. The van der Waals surface area contributed by atoms with Gasteiger partial charge in [0, 0.05) is 57.3 Å². The number of amides is 1. The lowest BCUT2D eigenvalue weighted by atomic mass is 9.99. The van der Waals surface area contributed by atoms with Gasteiger partial charge in [0.1, 0.15) is 18.1 Å². The van der Waals surface area contributed by atoms with Crippen LogP contribution in [-0.4, -0.2) is 134 Å². The first-order valence-electron chi connectivity index (χ1n) is 23.6. The summed E-state index contributed by atoms with van der Waals surface area (Å²) in [7, 11) is -5.88. The van der Waals surface area contributed by atoms with Gasteiger partial charge in [-0.25, -0.2) is 21.6 Å². The number of para-hydroxylation sites is 2. The van der Waals surface area contributed by atoms with Crippen molar-refractivity contribution in [1.29, 1.82) is 0 Å². The van der Waals surface area contributed by atoms with Crippen molar-refractivity contribution in [3.63, 3.8) is 0 Å². The highest BCUT2D eigenvalue weighted by molar-refractivity contribution is 7.89. The van der Waals surface area contributed by atoms with E-state index in [0.29, 0.717) is 25.9 Å². The maximum Gasteiger partial charge on any atom is 0.328 e. The van der Waals surface area contributed by atoms with Crippen LogP contribution in [0.2, 0.25) is 0 Å². The Morgan fingerprint density at radius 3 is 1.51 bits per heavy atom. The smallest absolute Gasteiger partial charge is 0.328 e. The number of methoxy groups -OCH3 is 2. The van der Waals surface area contributed by atoms with Crippen LogP contribution in [0.25, 0.3) is 21.5 Å². The summed E-state index contributed by atoms with van der Waals surface area (Å²) in [6.45, 7) is 4.05. The highest BCUT2D eigenvalue weighted by Crippen LogP contribution is 2.33. The molecule has 0 aliphatic carbocycles. The number of hydrogen-bond donors (Lipinski definition) is 0. The largest absolute Gasteiger partial charge is 0.468 e. The number of hydrogen-bond acceptors (Lipinski definition) is 14. The van der Waals surface area contributed by atoms with Crippen LogP contribution in [0.4, 0.5) is 11.4 Å². The highest BCUT2D eigenvalue weighted by Gasteiger charge is 2.46. The molecule has 6 aromatic carbocycles. The minimum Gasteiger partial charge on any atom is -0.468 e. The quantitative estimate of drug-likeness (QED) is 0.0553. The zero-order chi connectivity index (χ0) is 52.6.